The Labute approximate surface area is 134 Å². The van der Waals surface area contributed by atoms with E-state index >= 15 is 0 Å². The molecular weight excluding hydrogens is 350 g/mol. The lowest BCUT2D eigenvalue weighted by atomic mass is 10.3. The fraction of sp³-hybridized carbons (Fsp3) is 0.286. The third-order valence-corrected chi connectivity index (χ3v) is 4.22. The third-order valence-electron chi connectivity index (χ3n) is 3.61. The van der Waals surface area contributed by atoms with Gasteiger partial charge in [-0.3, -0.25) is 18.9 Å². The molecular formula is C14H14BrN5O2. The topological polar surface area (TPSA) is 74.7 Å². The zero-order chi connectivity index (χ0) is 15.9. The molecule has 0 aliphatic carbocycles. The number of aromatic nitrogens is 5. The van der Waals surface area contributed by atoms with Gasteiger partial charge in [0.25, 0.3) is 5.56 Å². The van der Waals surface area contributed by atoms with E-state index in [9.17, 15) is 9.59 Å². The minimum absolute atomic E-state index is 0.275. The van der Waals surface area contributed by atoms with Crippen LogP contribution in [-0.2, 0) is 27.1 Å². The van der Waals surface area contributed by atoms with E-state index in [2.05, 4.69) is 25.9 Å². The third kappa shape index (κ3) is 2.29. The number of imidazole rings is 1. The summed E-state index contributed by atoms with van der Waals surface area (Å²) in [5.74, 6) is 0. The Hall–Kier alpha value is -2.22. The van der Waals surface area contributed by atoms with Crippen LogP contribution in [0.15, 0.2) is 38.7 Å². The summed E-state index contributed by atoms with van der Waals surface area (Å²) < 4.78 is 4.83. The van der Waals surface area contributed by atoms with Crippen LogP contribution in [0.2, 0.25) is 0 Å². The van der Waals surface area contributed by atoms with Crippen molar-refractivity contribution >= 4 is 27.1 Å². The summed E-state index contributed by atoms with van der Waals surface area (Å²) in [4.78, 5) is 32.8. The zero-order valence-electron chi connectivity index (χ0n) is 12.2. The first-order valence-electron chi connectivity index (χ1n) is 6.72. The number of aryl methyl sites for hydroxylation is 3. The highest BCUT2D eigenvalue weighted by atomic mass is 79.9. The van der Waals surface area contributed by atoms with E-state index in [0.29, 0.717) is 23.3 Å². The van der Waals surface area contributed by atoms with Gasteiger partial charge >= 0.3 is 5.69 Å². The maximum atomic E-state index is 12.2. The van der Waals surface area contributed by atoms with E-state index in [-0.39, 0.29) is 11.2 Å². The van der Waals surface area contributed by atoms with Gasteiger partial charge in [-0.15, -0.1) is 0 Å². The normalized spacial score (nSPS) is 11.2. The summed E-state index contributed by atoms with van der Waals surface area (Å²) in [5.41, 5.74) is 0.956. The Morgan fingerprint density at radius 1 is 1.18 bits per heavy atom. The fourth-order valence-electron chi connectivity index (χ4n) is 2.43. The molecule has 0 aromatic carbocycles. The average Bonchev–Trinajstić information content (AvgIpc) is 2.86. The van der Waals surface area contributed by atoms with Gasteiger partial charge in [0.15, 0.2) is 15.9 Å². The highest BCUT2D eigenvalue weighted by molar-refractivity contribution is 9.10. The molecule has 0 saturated carbocycles. The minimum Gasteiger partial charge on any atom is -0.304 e. The second kappa shape index (κ2) is 5.53. The van der Waals surface area contributed by atoms with Crippen molar-refractivity contribution in [2.75, 3.05) is 0 Å². The molecule has 0 radical (unpaired) electrons. The summed E-state index contributed by atoms with van der Waals surface area (Å²) in [6, 6.07) is 5.72. The van der Waals surface area contributed by atoms with Crippen molar-refractivity contribution in [1.29, 1.82) is 0 Å². The summed E-state index contributed by atoms with van der Waals surface area (Å²) in [5, 5.41) is 0. The zero-order valence-corrected chi connectivity index (χ0v) is 13.7. The fourth-order valence-corrected chi connectivity index (χ4v) is 2.96. The Balaban J connectivity index is 2.12. The summed E-state index contributed by atoms with van der Waals surface area (Å²) in [6.45, 7) is 0.564. The maximum absolute atomic E-state index is 12.2. The van der Waals surface area contributed by atoms with Crippen LogP contribution in [0.4, 0.5) is 0 Å². The van der Waals surface area contributed by atoms with Gasteiger partial charge in [0.05, 0.1) is 0 Å². The summed E-state index contributed by atoms with van der Waals surface area (Å²) in [6.07, 6.45) is 2.41. The van der Waals surface area contributed by atoms with Crippen molar-refractivity contribution in [3.8, 4) is 0 Å². The maximum Gasteiger partial charge on any atom is 0.332 e. The van der Waals surface area contributed by atoms with Crippen LogP contribution >= 0.6 is 15.9 Å². The number of rotatable bonds is 3. The molecule has 3 rings (SSSR count). The van der Waals surface area contributed by atoms with Crippen molar-refractivity contribution in [3.63, 3.8) is 0 Å². The lowest BCUT2D eigenvalue weighted by molar-refractivity contribution is 0.648. The predicted molar refractivity (Wildman–Crippen MR) is 85.9 cm³/mol. The number of nitrogens with zero attached hydrogens (tertiary/aromatic N) is 5. The predicted octanol–water partition coefficient (Wildman–Crippen LogP) is 0.834. The molecule has 7 nitrogen and oxygen atoms in total. The van der Waals surface area contributed by atoms with Gasteiger partial charge < -0.3 is 4.57 Å². The highest BCUT2D eigenvalue weighted by Gasteiger charge is 2.17. The second-order valence-corrected chi connectivity index (χ2v) is 5.69. The average molecular weight is 364 g/mol. The van der Waals surface area contributed by atoms with E-state index in [1.54, 1.807) is 13.2 Å². The number of halogens is 1. The molecule has 0 aliphatic rings. The molecule has 3 aromatic heterocycles. The highest BCUT2D eigenvalue weighted by Crippen LogP contribution is 2.17. The molecule has 8 heteroatoms. The first-order chi connectivity index (χ1) is 10.5. The quantitative estimate of drug-likeness (QED) is 0.646. The number of hydrogen-bond donors (Lipinski definition) is 0. The number of pyridine rings is 1. The molecule has 0 aliphatic heterocycles. The van der Waals surface area contributed by atoms with Crippen LogP contribution in [0, 0.1) is 0 Å². The largest absolute Gasteiger partial charge is 0.332 e. The van der Waals surface area contributed by atoms with Crippen molar-refractivity contribution in [2.24, 2.45) is 14.1 Å². The van der Waals surface area contributed by atoms with Gasteiger partial charge in [0, 0.05) is 39.0 Å². The van der Waals surface area contributed by atoms with E-state index in [0.717, 1.165) is 10.3 Å². The standard InChI is InChI=1S/C14H14BrN5O2/c1-18-11-10(12(21)19(2)14(18)22)17-13(15)20(11)8-6-9-5-3-4-7-16-9/h3-5,7H,6,8H2,1-2H3. The smallest absolute Gasteiger partial charge is 0.304 e. The summed E-state index contributed by atoms with van der Waals surface area (Å²) in [7, 11) is 3.08. The van der Waals surface area contributed by atoms with Gasteiger partial charge in [-0.25, -0.2) is 9.78 Å². The van der Waals surface area contributed by atoms with Gasteiger partial charge in [-0.05, 0) is 28.1 Å². The van der Waals surface area contributed by atoms with Crippen LogP contribution in [0.25, 0.3) is 11.2 Å². The van der Waals surface area contributed by atoms with Crippen molar-refractivity contribution in [2.45, 2.75) is 13.0 Å². The molecule has 0 atom stereocenters. The Kier molecular flexibility index (Phi) is 3.69. The molecule has 0 bridgehead atoms. The number of fused-ring (bicyclic) bond motifs is 1. The Morgan fingerprint density at radius 3 is 2.64 bits per heavy atom. The number of hydrogen-bond acceptors (Lipinski definition) is 4. The molecule has 3 aromatic rings. The molecule has 0 N–H and O–H groups in total. The first-order valence-corrected chi connectivity index (χ1v) is 7.51. The lowest BCUT2D eigenvalue weighted by Gasteiger charge is -2.09. The van der Waals surface area contributed by atoms with Crippen molar-refractivity contribution < 1.29 is 0 Å². The molecule has 0 spiro atoms. The van der Waals surface area contributed by atoms with E-state index < -0.39 is 5.56 Å². The van der Waals surface area contributed by atoms with Gasteiger partial charge in [-0.1, -0.05) is 6.07 Å². The van der Waals surface area contributed by atoms with Crippen LogP contribution < -0.4 is 11.2 Å². The molecule has 0 fully saturated rings. The molecule has 3 heterocycles. The minimum atomic E-state index is -0.393. The second-order valence-electron chi connectivity index (χ2n) is 4.98. The van der Waals surface area contributed by atoms with Crippen molar-refractivity contribution in [3.05, 3.63) is 55.7 Å². The van der Waals surface area contributed by atoms with Crippen LogP contribution in [0.5, 0.6) is 0 Å². The first kappa shape index (κ1) is 14.7. The van der Waals surface area contributed by atoms with E-state index in [4.69, 9.17) is 0 Å². The molecule has 114 valence electrons. The van der Waals surface area contributed by atoms with Gasteiger partial charge in [-0.2, -0.15) is 0 Å². The molecule has 0 amide bonds. The van der Waals surface area contributed by atoms with E-state index in [1.807, 2.05) is 22.8 Å². The van der Waals surface area contributed by atoms with Crippen LogP contribution in [0.1, 0.15) is 5.69 Å². The van der Waals surface area contributed by atoms with Crippen molar-refractivity contribution in [1.82, 2.24) is 23.7 Å². The molecule has 22 heavy (non-hydrogen) atoms. The summed E-state index contributed by atoms with van der Waals surface area (Å²) >= 11 is 3.37. The molecule has 0 saturated heterocycles. The monoisotopic (exact) mass is 363 g/mol. The SMILES string of the molecule is Cn1c(=O)c2nc(Br)n(CCc3ccccn3)c2n(C)c1=O. The van der Waals surface area contributed by atoms with Gasteiger partial charge in [0.2, 0.25) is 0 Å². The Morgan fingerprint density at radius 2 is 1.95 bits per heavy atom. The molecule has 0 unspecified atom stereocenters. The van der Waals surface area contributed by atoms with Crippen LogP contribution in [0.3, 0.4) is 0 Å². The van der Waals surface area contributed by atoms with Crippen LogP contribution in [-0.4, -0.2) is 23.7 Å². The Bertz CT molecular complexity index is 955. The van der Waals surface area contributed by atoms with Gasteiger partial charge in [0.1, 0.15) is 0 Å². The lowest BCUT2D eigenvalue weighted by Crippen LogP contribution is -2.37. The van der Waals surface area contributed by atoms with E-state index in [1.165, 1.54) is 11.6 Å².